The lowest BCUT2D eigenvalue weighted by Crippen LogP contribution is -2.40. The van der Waals surface area contributed by atoms with Crippen LogP contribution in [0.2, 0.25) is 5.15 Å². The standard InChI is InChI=1S/C17H20ClN5S/c1-2-22-9-3-4-14(22)12-23(11-13-5-7-20-8-6-13)17-15(10-19)16(18)21-24-17/h5-8,14H,2-4,9,11-12H2,1H3. The number of pyridine rings is 1. The highest BCUT2D eigenvalue weighted by Gasteiger charge is 2.27. The van der Waals surface area contributed by atoms with Gasteiger partial charge >= 0.3 is 0 Å². The van der Waals surface area contributed by atoms with Gasteiger partial charge in [-0.25, -0.2) is 0 Å². The van der Waals surface area contributed by atoms with Gasteiger partial charge in [-0.2, -0.15) is 9.64 Å². The summed E-state index contributed by atoms with van der Waals surface area (Å²) in [4.78, 5) is 8.84. The van der Waals surface area contributed by atoms with E-state index in [4.69, 9.17) is 11.6 Å². The second-order valence-electron chi connectivity index (χ2n) is 5.93. The van der Waals surface area contributed by atoms with Crippen LogP contribution in [0.5, 0.6) is 0 Å². The molecule has 1 saturated heterocycles. The summed E-state index contributed by atoms with van der Waals surface area (Å²) >= 11 is 7.40. The average Bonchev–Trinajstić information content (AvgIpc) is 3.21. The molecular formula is C17H20ClN5S. The monoisotopic (exact) mass is 361 g/mol. The van der Waals surface area contributed by atoms with Gasteiger partial charge in [0.1, 0.15) is 16.6 Å². The average molecular weight is 362 g/mol. The highest BCUT2D eigenvalue weighted by Crippen LogP contribution is 2.33. The molecule has 1 aliphatic heterocycles. The number of nitriles is 1. The van der Waals surface area contributed by atoms with Gasteiger partial charge in [-0.15, -0.1) is 0 Å². The molecule has 5 nitrogen and oxygen atoms in total. The van der Waals surface area contributed by atoms with Crippen LogP contribution in [0.15, 0.2) is 24.5 Å². The Kier molecular flexibility index (Phi) is 5.67. The Morgan fingerprint density at radius 1 is 1.46 bits per heavy atom. The van der Waals surface area contributed by atoms with Gasteiger partial charge in [0.05, 0.1) is 0 Å². The third kappa shape index (κ3) is 3.69. The Bertz CT molecular complexity index is 712. The van der Waals surface area contributed by atoms with Crippen molar-refractivity contribution in [3.63, 3.8) is 0 Å². The van der Waals surface area contributed by atoms with E-state index in [1.807, 2.05) is 12.1 Å². The van der Waals surface area contributed by atoms with Crippen molar-refractivity contribution in [2.75, 3.05) is 24.5 Å². The van der Waals surface area contributed by atoms with Crippen molar-refractivity contribution in [1.82, 2.24) is 14.3 Å². The van der Waals surface area contributed by atoms with Gasteiger partial charge in [0.25, 0.3) is 0 Å². The molecule has 3 rings (SSSR count). The van der Waals surface area contributed by atoms with Gasteiger partial charge in [0.15, 0.2) is 5.15 Å². The molecule has 1 atom stereocenters. The molecule has 0 amide bonds. The van der Waals surface area contributed by atoms with Crippen molar-refractivity contribution in [1.29, 1.82) is 5.26 Å². The summed E-state index contributed by atoms with van der Waals surface area (Å²) in [5, 5.41) is 10.6. The maximum Gasteiger partial charge on any atom is 0.162 e. The van der Waals surface area contributed by atoms with E-state index in [9.17, 15) is 5.26 Å². The van der Waals surface area contributed by atoms with Crippen molar-refractivity contribution in [3.05, 3.63) is 40.8 Å². The summed E-state index contributed by atoms with van der Waals surface area (Å²) in [5.41, 5.74) is 1.65. The molecule has 24 heavy (non-hydrogen) atoms. The maximum atomic E-state index is 9.45. The molecule has 1 unspecified atom stereocenters. The Hall–Kier alpha value is -1.68. The maximum absolute atomic E-state index is 9.45. The quantitative estimate of drug-likeness (QED) is 0.787. The molecule has 7 heteroatoms. The van der Waals surface area contributed by atoms with Crippen LogP contribution in [-0.4, -0.2) is 39.9 Å². The molecular weight excluding hydrogens is 342 g/mol. The lowest BCUT2D eigenvalue weighted by Gasteiger charge is -2.31. The molecule has 0 aliphatic carbocycles. The van der Waals surface area contributed by atoms with Gasteiger partial charge in [-0.05, 0) is 55.2 Å². The predicted octanol–water partition coefficient (Wildman–Crippen LogP) is 3.55. The highest BCUT2D eigenvalue weighted by molar-refractivity contribution is 7.10. The normalized spacial score (nSPS) is 17.8. The van der Waals surface area contributed by atoms with Gasteiger partial charge in [-0.3, -0.25) is 9.88 Å². The molecule has 0 N–H and O–H groups in total. The van der Waals surface area contributed by atoms with Crippen molar-refractivity contribution >= 4 is 28.1 Å². The van der Waals surface area contributed by atoms with Crippen LogP contribution >= 0.6 is 23.1 Å². The van der Waals surface area contributed by atoms with Gasteiger partial charge in [0.2, 0.25) is 0 Å². The zero-order chi connectivity index (χ0) is 16.9. The molecule has 0 saturated carbocycles. The Labute approximate surface area is 151 Å². The largest absolute Gasteiger partial charge is 0.355 e. The summed E-state index contributed by atoms with van der Waals surface area (Å²) in [6.07, 6.45) is 6.02. The van der Waals surface area contributed by atoms with Crippen LogP contribution in [0.1, 0.15) is 30.9 Å². The van der Waals surface area contributed by atoms with E-state index in [-0.39, 0.29) is 0 Å². The van der Waals surface area contributed by atoms with E-state index >= 15 is 0 Å². The minimum Gasteiger partial charge on any atom is -0.355 e. The third-order valence-corrected chi connectivity index (χ3v) is 5.77. The van der Waals surface area contributed by atoms with Crippen molar-refractivity contribution < 1.29 is 0 Å². The number of halogens is 1. The molecule has 0 aromatic carbocycles. The SMILES string of the molecule is CCN1CCCC1CN(Cc1ccncc1)c1snc(Cl)c1C#N. The minimum atomic E-state index is 0.302. The lowest BCUT2D eigenvalue weighted by atomic mass is 10.1. The number of aromatic nitrogens is 2. The van der Waals surface area contributed by atoms with Crippen LogP contribution < -0.4 is 4.90 Å². The molecule has 126 valence electrons. The van der Waals surface area contributed by atoms with E-state index < -0.39 is 0 Å². The van der Waals surface area contributed by atoms with E-state index in [1.54, 1.807) is 12.4 Å². The van der Waals surface area contributed by atoms with E-state index in [1.165, 1.54) is 29.9 Å². The van der Waals surface area contributed by atoms with Crippen LogP contribution in [-0.2, 0) is 6.54 Å². The topological polar surface area (TPSA) is 56.1 Å². The second-order valence-corrected chi connectivity index (χ2v) is 7.04. The predicted molar refractivity (Wildman–Crippen MR) is 97.4 cm³/mol. The van der Waals surface area contributed by atoms with Gasteiger partial charge in [0, 0.05) is 31.5 Å². The number of rotatable bonds is 6. The summed E-state index contributed by atoms with van der Waals surface area (Å²) in [6.45, 7) is 6.02. The van der Waals surface area contributed by atoms with Crippen LogP contribution in [0, 0.1) is 11.3 Å². The summed E-state index contributed by atoms with van der Waals surface area (Å²) in [6, 6.07) is 6.73. The zero-order valence-electron chi connectivity index (χ0n) is 13.7. The first-order valence-electron chi connectivity index (χ1n) is 8.16. The molecule has 1 fully saturated rings. The fourth-order valence-corrected chi connectivity index (χ4v) is 4.31. The molecule has 2 aromatic heterocycles. The smallest absolute Gasteiger partial charge is 0.162 e. The summed E-state index contributed by atoms with van der Waals surface area (Å²) < 4.78 is 4.18. The Balaban J connectivity index is 1.87. The zero-order valence-corrected chi connectivity index (χ0v) is 15.2. The number of nitrogens with zero attached hydrogens (tertiary/aromatic N) is 5. The number of hydrogen-bond acceptors (Lipinski definition) is 6. The van der Waals surface area contributed by atoms with Gasteiger partial charge < -0.3 is 4.90 Å². The van der Waals surface area contributed by atoms with E-state index in [0.29, 0.717) is 16.8 Å². The number of likely N-dealkylation sites (N-methyl/N-ethyl adjacent to an activating group) is 1. The second kappa shape index (κ2) is 7.93. The first-order chi connectivity index (χ1) is 11.7. The fourth-order valence-electron chi connectivity index (χ4n) is 3.27. The first kappa shape index (κ1) is 17.2. The molecule has 3 heterocycles. The fraction of sp³-hybridized carbons (Fsp3) is 0.471. The third-order valence-electron chi connectivity index (χ3n) is 4.49. The number of hydrogen-bond donors (Lipinski definition) is 0. The van der Waals surface area contributed by atoms with Crippen molar-refractivity contribution in [2.45, 2.75) is 32.4 Å². The first-order valence-corrected chi connectivity index (χ1v) is 9.31. The van der Waals surface area contributed by atoms with Crippen LogP contribution in [0.4, 0.5) is 5.00 Å². The molecule has 0 radical (unpaired) electrons. The molecule has 1 aliphatic rings. The van der Waals surface area contributed by atoms with Gasteiger partial charge in [-0.1, -0.05) is 18.5 Å². The number of anilines is 1. The van der Waals surface area contributed by atoms with Crippen LogP contribution in [0.25, 0.3) is 0 Å². The highest BCUT2D eigenvalue weighted by atomic mass is 35.5. The molecule has 0 bridgehead atoms. The van der Waals surface area contributed by atoms with Crippen molar-refractivity contribution in [3.8, 4) is 6.07 Å². The molecule has 2 aromatic rings. The minimum absolute atomic E-state index is 0.302. The van der Waals surface area contributed by atoms with E-state index in [2.05, 4.69) is 32.2 Å². The summed E-state index contributed by atoms with van der Waals surface area (Å²) in [7, 11) is 0. The van der Waals surface area contributed by atoms with E-state index in [0.717, 1.165) is 31.2 Å². The Morgan fingerprint density at radius 2 is 2.25 bits per heavy atom. The molecule has 0 spiro atoms. The summed E-state index contributed by atoms with van der Waals surface area (Å²) in [5.74, 6) is 0. The number of likely N-dealkylation sites (tertiary alicyclic amines) is 1. The lowest BCUT2D eigenvalue weighted by molar-refractivity contribution is 0.268. The van der Waals surface area contributed by atoms with Crippen molar-refractivity contribution in [2.24, 2.45) is 0 Å². The Morgan fingerprint density at radius 3 is 2.96 bits per heavy atom. The van der Waals surface area contributed by atoms with Crippen LogP contribution in [0.3, 0.4) is 0 Å².